The fourth-order valence-corrected chi connectivity index (χ4v) is 3.96. The molecule has 0 saturated heterocycles. The third kappa shape index (κ3) is 6.38. The molecule has 0 atom stereocenters. The van der Waals surface area contributed by atoms with E-state index in [0.29, 0.717) is 23.0 Å². The summed E-state index contributed by atoms with van der Waals surface area (Å²) in [6.07, 6.45) is 0. The maximum absolute atomic E-state index is 12.6. The zero-order valence-electron chi connectivity index (χ0n) is 17.6. The highest BCUT2D eigenvalue weighted by Gasteiger charge is 2.15. The molecule has 9 heteroatoms. The molecule has 0 saturated carbocycles. The fourth-order valence-electron chi connectivity index (χ4n) is 2.73. The average molecular weight is 475 g/mol. The van der Waals surface area contributed by atoms with Crippen LogP contribution in [-0.4, -0.2) is 28.0 Å². The van der Waals surface area contributed by atoms with E-state index in [9.17, 15) is 13.2 Å². The number of nitrogens with one attached hydrogen (secondary N) is 2. The number of methoxy groups -OCH3 is 1. The fraction of sp³-hybridized carbons (Fsp3) is 0.174. The monoisotopic (exact) mass is 474 g/mol. The number of hydrogen-bond donors (Lipinski definition) is 2. The smallest absolute Gasteiger partial charge is 0.261 e. The molecule has 0 radical (unpaired) electrons. The van der Waals surface area contributed by atoms with Gasteiger partial charge in [0.15, 0.2) is 6.61 Å². The summed E-state index contributed by atoms with van der Waals surface area (Å²) >= 11 is 6.05. The Balaban J connectivity index is 1.52. The first kappa shape index (κ1) is 23.4. The normalized spacial score (nSPS) is 11.0. The highest BCUT2D eigenvalue weighted by atomic mass is 35.5. The second-order valence-electron chi connectivity index (χ2n) is 6.95. The molecule has 2 N–H and O–H groups in total. The molecule has 0 fully saturated rings. The predicted octanol–water partition coefficient (Wildman–Crippen LogP) is 4.15. The SMILES string of the molecule is COc1ccc(CNC(=O)COc2ccc(S(=O)(=O)Nc3ccc(C)c(Cl)c3)cc2)cc1. The van der Waals surface area contributed by atoms with E-state index in [2.05, 4.69) is 10.0 Å². The van der Waals surface area contributed by atoms with Crippen molar-refractivity contribution < 1.29 is 22.7 Å². The molecule has 168 valence electrons. The van der Waals surface area contributed by atoms with Crippen molar-refractivity contribution >= 4 is 33.2 Å². The maximum Gasteiger partial charge on any atom is 0.261 e. The van der Waals surface area contributed by atoms with Crippen LogP contribution < -0.4 is 19.5 Å². The van der Waals surface area contributed by atoms with E-state index in [1.807, 2.05) is 31.2 Å². The van der Waals surface area contributed by atoms with Gasteiger partial charge in [-0.25, -0.2) is 8.42 Å². The molecule has 0 bridgehead atoms. The van der Waals surface area contributed by atoms with Crippen molar-refractivity contribution in [3.05, 3.63) is 82.9 Å². The van der Waals surface area contributed by atoms with Gasteiger partial charge in [-0.15, -0.1) is 0 Å². The quantitative estimate of drug-likeness (QED) is 0.486. The molecule has 3 aromatic rings. The molecule has 0 aromatic heterocycles. The first-order valence-electron chi connectivity index (χ1n) is 9.68. The average Bonchev–Trinajstić information content (AvgIpc) is 2.79. The summed E-state index contributed by atoms with van der Waals surface area (Å²) in [6, 6.07) is 18.1. The van der Waals surface area contributed by atoms with Gasteiger partial charge in [0.2, 0.25) is 0 Å². The highest BCUT2D eigenvalue weighted by Crippen LogP contribution is 2.23. The van der Waals surface area contributed by atoms with E-state index in [-0.39, 0.29) is 17.4 Å². The third-order valence-electron chi connectivity index (χ3n) is 4.58. The van der Waals surface area contributed by atoms with Gasteiger partial charge in [-0.05, 0) is 66.6 Å². The van der Waals surface area contributed by atoms with Crippen molar-refractivity contribution in [2.24, 2.45) is 0 Å². The zero-order valence-corrected chi connectivity index (χ0v) is 19.2. The summed E-state index contributed by atoms with van der Waals surface area (Å²) in [6.45, 7) is 2.00. The number of anilines is 1. The van der Waals surface area contributed by atoms with Crippen molar-refractivity contribution in [1.29, 1.82) is 0 Å². The Bertz CT molecular complexity index is 1180. The lowest BCUT2D eigenvalue weighted by atomic mass is 10.2. The number of amides is 1. The lowest BCUT2D eigenvalue weighted by molar-refractivity contribution is -0.123. The number of rotatable bonds is 9. The summed E-state index contributed by atoms with van der Waals surface area (Å²) in [7, 11) is -2.20. The highest BCUT2D eigenvalue weighted by molar-refractivity contribution is 7.92. The topological polar surface area (TPSA) is 93.7 Å². The Hall–Kier alpha value is -3.23. The predicted molar refractivity (Wildman–Crippen MR) is 124 cm³/mol. The number of halogens is 1. The van der Waals surface area contributed by atoms with Crippen LogP contribution in [0.4, 0.5) is 5.69 Å². The number of carbonyl (C=O) groups excluding carboxylic acids is 1. The second kappa shape index (κ2) is 10.4. The Labute approximate surface area is 192 Å². The minimum absolute atomic E-state index is 0.0607. The van der Waals surface area contributed by atoms with E-state index in [0.717, 1.165) is 16.9 Å². The van der Waals surface area contributed by atoms with Gasteiger partial charge >= 0.3 is 0 Å². The van der Waals surface area contributed by atoms with Crippen molar-refractivity contribution in [3.8, 4) is 11.5 Å². The summed E-state index contributed by atoms with van der Waals surface area (Å²) in [5.41, 5.74) is 2.15. The molecule has 3 rings (SSSR count). The van der Waals surface area contributed by atoms with Gasteiger partial charge in [0.05, 0.1) is 17.7 Å². The Kier molecular flexibility index (Phi) is 7.61. The van der Waals surface area contributed by atoms with Crippen LogP contribution in [0.15, 0.2) is 71.6 Å². The minimum Gasteiger partial charge on any atom is -0.497 e. The summed E-state index contributed by atoms with van der Waals surface area (Å²) in [4.78, 5) is 12.1. The van der Waals surface area contributed by atoms with E-state index in [4.69, 9.17) is 21.1 Å². The van der Waals surface area contributed by atoms with E-state index in [1.54, 1.807) is 25.3 Å². The van der Waals surface area contributed by atoms with E-state index in [1.165, 1.54) is 24.3 Å². The summed E-state index contributed by atoms with van der Waals surface area (Å²) in [5.74, 6) is 0.823. The van der Waals surface area contributed by atoms with Gasteiger partial charge in [-0.1, -0.05) is 29.8 Å². The van der Waals surface area contributed by atoms with Gasteiger partial charge in [0.1, 0.15) is 11.5 Å². The van der Waals surface area contributed by atoms with Crippen molar-refractivity contribution in [1.82, 2.24) is 5.32 Å². The molecule has 3 aromatic carbocycles. The number of hydrogen-bond acceptors (Lipinski definition) is 5. The molecule has 0 aliphatic carbocycles. The van der Waals surface area contributed by atoms with Gasteiger partial charge in [0, 0.05) is 11.6 Å². The van der Waals surface area contributed by atoms with Crippen LogP contribution in [-0.2, 0) is 21.4 Å². The van der Waals surface area contributed by atoms with E-state index >= 15 is 0 Å². The van der Waals surface area contributed by atoms with Crippen molar-refractivity contribution in [3.63, 3.8) is 0 Å². The minimum atomic E-state index is -3.79. The number of aryl methyl sites for hydroxylation is 1. The molecular weight excluding hydrogens is 452 g/mol. The zero-order chi connectivity index (χ0) is 23.1. The molecule has 0 spiro atoms. The van der Waals surface area contributed by atoms with Crippen LogP contribution in [0, 0.1) is 6.92 Å². The number of benzene rings is 3. The van der Waals surface area contributed by atoms with E-state index < -0.39 is 10.0 Å². The van der Waals surface area contributed by atoms with Crippen LogP contribution in [0.25, 0.3) is 0 Å². The molecule has 7 nitrogen and oxygen atoms in total. The molecule has 0 heterocycles. The molecule has 0 unspecified atom stereocenters. The number of carbonyl (C=O) groups is 1. The number of sulfonamides is 1. The molecular formula is C23H23ClN2O5S. The first-order chi connectivity index (χ1) is 15.3. The number of ether oxygens (including phenoxy) is 2. The molecule has 0 aliphatic rings. The Morgan fingerprint density at radius 2 is 1.62 bits per heavy atom. The standard InChI is InChI=1S/C23H23ClN2O5S/c1-16-3-6-18(13-22(16)24)26-32(28,29)21-11-9-20(10-12-21)31-15-23(27)25-14-17-4-7-19(30-2)8-5-17/h3-13,26H,14-15H2,1-2H3,(H,25,27). The van der Waals surface area contributed by atoms with Gasteiger partial charge in [-0.3, -0.25) is 9.52 Å². The molecule has 1 amide bonds. The van der Waals surface area contributed by atoms with Crippen LogP contribution in [0.2, 0.25) is 5.02 Å². The van der Waals surface area contributed by atoms with Crippen LogP contribution in [0.1, 0.15) is 11.1 Å². The Morgan fingerprint density at radius 1 is 0.969 bits per heavy atom. The van der Waals surface area contributed by atoms with Crippen molar-refractivity contribution in [2.75, 3.05) is 18.4 Å². The Morgan fingerprint density at radius 3 is 2.25 bits per heavy atom. The lowest BCUT2D eigenvalue weighted by Crippen LogP contribution is -2.28. The maximum atomic E-state index is 12.6. The lowest BCUT2D eigenvalue weighted by Gasteiger charge is -2.11. The van der Waals surface area contributed by atoms with Gasteiger partial charge in [0.25, 0.3) is 15.9 Å². The third-order valence-corrected chi connectivity index (χ3v) is 6.38. The van der Waals surface area contributed by atoms with Crippen LogP contribution in [0.5, 0.6) is 11.5 Å². The summed E-state index contributed by atoms with van der Waals surface area (Å²) < 4.78 is 38.2. The summed E-state index contributed by atoms with van der Waals surface area (Å²) in [5, 5.41) is 3.23. The second-order valence-corrected chi connectivity index (χ2v) is 9.04. The largest absolute Gasteiger partial charge is 0.497 e. The molecule has 0 aliphatic heterocycles. The van der Waals surface area contributed by atoms with Gasteiger partial charge < -0.3 is 14.8 Å². The van der Waals surface area contributed by atoms with Crippen molar-refractivity contribution in [2.45, 2.75) is 18.4 Å². The van der Waals surface area contributed by atoms with Crippen LogP contribution >= 0.6 is 11.6 Å². The van der Waals surface area contributed by atoms with Gasteiger partial charge in [-0.2, -0.15) is 0 Å². The molecule has 32 heavy (non-hydrogen) atoms. The van der Waals surface area contributed by atoms with Crippen LogP contribution in [0.3, 0.4) is 0 Å². The first-order valence-corrected chi connectivity index (χ1v) is 11.5.